The average molecular weight is 393 g/mol. The van der Waals surface area contributed by atoms with Gasteiger partial charge in [-0.3, -0.25) is 14.6 Å². The van der Waals surface area contributed by atoms with Crippen molar-refractivity contribution in [1.82, 2.24) is 14.7 Å². The molecular weight excluding hydrogens is 364 g/mol. The first-order chi connectivity index (χ1) is 13.0. The molecule has 0 saturated carbocycles. The Labute approximate surface area is 167 Å². The van der Waals surface area contributed by atoms with Crippen LogP contribution in [0.1, 0.15) is 13.8 Å². The Balaban J connectivity index is 1.68. The largest absolute Gasteiger partial charge is 0.491 e. The van der Waals surface area contributed by atoms with Crippen LogP contribution < -0.4 is 4.74 Å². The average Bonchev–Trinajstić information content (AvgIpc) is 2.68. The van der Waals surface area contributed by atoms with Gasteiger partial charge >= 0.3 is 0 Å². The highest BCUT2D eigenvalue weighted by molar-refractivity contribution is 6.32. The summed E-state index contributed by atoms with van der Waals surface area (Å²) >= 11 is 6.09. The van der Waals surface area contributed by atoms with E-state index in [0.29, 0.717) is 31.3 Å². The van der Waals surface area contributed by atoms with Crippen molar-refractivity contribution in [2.75, 3.05) is 59.0 Å². The lowest BCUT2D eigenvalue weighted by molar-refractivity contribution is -0.133. The first-order valence-electron chi connectivity index (χ1n) is 9.53. The highest BCUT2D eigenvalue weighted by atomic mass is 35.5. The van der Waals surface area contributed by atoms with Gasteiger partial charge in [0, 0.05) is 45.8 Å². The second-order valence-corrected chi connectivity index (χ2v) is 7.27. The van der Waals surface area contributed by atoms with E-state index in [4.69, 9.17) is 21.6 Å². The van der Waals surface area contributed by atoms with E-state index in [2.05, 4.69) is 15.9 Å². The van der Waals surface area contributed by atoms with Gasteiger partial charge in [-0.05, 0) is 26.0 Å². The topological polar surface area (TPSA) is 59.8 Å². The number of hydrogen-bond acceptors (Lipinski definition) is 5. The van der Waals surface area contributed by atoms with Crippen molar-refractivity contribution in [2.24, 2.45) is 5.92 Å². The van der Waals surface area contributed by atoms with Crippen molar-refractivity contribution in [1.29, 1.82) is 5.26 Å². The first kappa shape index (κ1) is 21.5. The van der Waals surface area contributed by atoms with E-state index >= 15 is 0 Å². The summed E-state index contributed by atoms with van der Waals surface area (Å²) in [6.07, 6.45) is 0. The summed E-state index contributed by atoms with van der Waals surface area (Å²) < 4.78 is 5.75. The lowest BCUT2D eigenvalue weighted by atomic mass is 10.2. The number of rotatable bonds is 9. The predicted molar refractivity (Wildman–Crippen MR) is 107 cm³/mol. The van der Waals surface area contributed by atoms with E-state index in [-0.39, 0.29) is 11.8 Å². The zero-order valence-corrected chi connectivity index (χ0v) is 17.0. The molecule has 0 bridgehead atoms. The number of ether oxygens (including phenoxy) is 1. The highest BCUT2D eigenvalue weighted by Crippen LogP contribution is 2.22. The number of nitrogens with zero attached hydrogens (tertiary/aromatic N) is 4. The number of amides is 1. The van der Waals surface area contributed by atoms with Crippen LogP contribution in [0, 0.1) is 17.2 Å². The van der Waals surface area contributed by atoms with Crippen LogP contribution in [0.2, 0.25) is 5.02 Å². The number of para-hydroxylation sites is 1. The van der Waals surface area contributed by atoms with E-state index < -0.39 is 0 Å². The highest BCUT2D eigenvalue weighted by Gasteiger charge is 2.22. The van der Waals surface area contributed by atoms with Crippen molar-refractivity contribution in [2.45, 2.75) is 13.8 Å². The fraction of sp³-hybridized carbons (Fsp3) is 0.600. The Morgan fingerprint density at radius 1 is 1.30 bits per heavy atom. The number of nitriles is 1. The monoisotopic (exact) mass is 392 g/mol. The van der Waals surface area contributed by atoms with Crippen LogP contribution in [0.5, 0.6) is 5.75 Å². The fourth-order valence-corrected chi connectivity index (χ4v) is 3.28. The van der Waals surface area contributed by atoms with Gasteiger partial charge in [-0.1, -0.05) is 23.7 Å². The van der Waals surface area contributed by atoms with Gasteiger partial charge in [0.1, 0.15) is 12.4 Å². The minimum atomic E-state index is -0.135. The molecule has 7 heteroatoms. The van der Waals surface area contributed by atoms with Crippen LogP contribution >= 0.6 is 11.6 Å². The van der Waals surface area contributed by atoms with Gasteiger partial charge in [-0.15, -0.1) is 0 Å². The van der Waals surface area contributed by atoms with Crippen molar-refractivity contribution in [3.63, 3.8) is 0 Å². The number of carbonyl (C=O) groups excluding carboxylic acids is 1. The molecule has 0 aliphatic carbocycles. The number of benzene rings is 1. The molecule has 1 aromatic rings. The summed E-state index contributed by atoms with van der Waals surface area (Å²) in [5.41, 5.74) is 0. The van der Waals surface area contributed by atoms with E-state index in [1.807, 2.05) is 38.1 Å². The van der Waals surface area contributed by atoms with Crippen molar-refractivity contribution >= 4 is 17.5 Å². The SMILES string of the molecule is CCN(CC(C)C#N)C(=O)CN1CCN(CCOc2ccccc2Cl)CC1. The Hall–Kier alpha value is -1.81. The summed E-state index contributed by atoms with van der Waals surface area (Å²) in [5, 5.41) is 9.58. The molecule has 1 heterocycles. The molecule has 1 aliphatic heterocycles. The van der Waals surface area contributed by atoms with Gasteiger partial charge in [-0.2, -0.15) is 5.26 Å². The third kappa shape index (κ3) is 7.02. The zero-order valence-electron chi connectivity index (χ0n) is 16.2. The number of piperazine rings is 1. The number of halogens is 1. The molecule has 1 aromatic carbocycles. The molecule has 1 saturated heterocycles. The maximum Gasteiger partial charge on any atom is 0.236 e. The molecule has 1 aliphatic rings. The predicted octanol–water partition coefficient (Wildman–Crippen LogP) is 2.34. The Kier molecular flexibility index (Phi) is 8.86. The molecule has 0 N–H and O–H groups in total. The fourth-order valence-electron chi connectivity index (χ4n) is 3.09. The molecule has 1 fully saturated rings. The van der Waals surface area contributed by atoms with Gasteiger partial charge in [0.05, 0.1) is 23.6 Å². The normalized spacial score (nSPS) is 16.5. The molecular formula is C20H29ClN4O2. The minimum absolute atomic E-state index is 0.107. The van der Waals surface area contributed by atoms with E-state index in [1.165, 1.54) is 0 Å². The van der Waals surface area contributed by atoms with Gasteiger partial charge in [0.15, 0.2) is 0 Å². The first-order valence-corrected chi connectivity index (χ1v) is 9.90. The Morgan fingerprint density at radius 2 is 1.96 bits per heavy atom. The standard InChI is InChI=1S/C20H29ClN4O2/c1-3-25(15-17(2)14-22)20(26)16-24-10-8-23(9-11-24)12-13-27-19-7-5-4-6-18(19)21/h4-7,17H,3,8-13,15-16H2,1-2H3. The lowest BCUT2D eigenvalue weighted by Crippen LogP contribution is -2.51. The maximum atomic E-state index is 12.5. The van der Waals surface area contributed by atoms with E-state index in [9.17, 15) is 4.79 Å². The molecule has 0 aromatic heterocycles. The number of hydrogen-bond donors (Lipinski definition) is 0. The lowest BCUT2D eigenvalue weighted by Gasteiger charge is -2.35. The smallest absolute Gasteiger partial charge is 0.236 e. The van der Waals surface area contributed by atoms with Crippen LogP contribution in [0.3, 0.4) is 0 Å². The molecule has 1 atom stereocenters. The van der Waals surface area contributed by atoms with Gasteiger partial charge in [0.25, 0.3) is 0 Å². The van der Waals surface area contributed by atoms with Crippen molar-refractivity contribution in [3.05, 3.63) is 29.3 Å². The summed E-state index contributed by atoms with van der Waals surface area (Å²) in [7, 11) is 0. The number of carbonyl (C=O) groups is 1. The van der Waals surface area contributed by atoms with Crippen LogP contribution in [-0.4, -0.2) is 79.6 Å². The van der Waals surface area contributed by atoms with Crippen molar-refractivity contribution in [3.8, 4) is 11.8 Å². The third-order valence-electron chi connectivity index (χ3n) is 4.77. The molecule has 0 radical (unpaired) electrons. The van der Waals surface area contributed by atoms with E-state index in [1.54, 1.807) is 4.90 Å². The molecule has 2 rings (SSSR count). The van der Waals surface area contributed by atoms with Crippen LogP contribution in [0.25, 0.3) is 0 Å². The van der Waals surface area contributed by atoms with E-state index in [0.717, 1.165) is 38.5 Å². The maximum absolute atomic E-state index is 12.5. The van der Waals surface area contributed by atoms with Gasteiger partial charge < -0.3 is 9.64 Å². The second-order valence-electron chi connectivity index (χ2n) is 6.86. The molecule has 0 spiro atoms. The molecule has 6 nitrogen and oxygen atoms in total. The zero-order chi connectivity index (χ0) is 19.6. The molecule has 148 valence electrons. The van der Waals surface area contributed by atoms with Gasteiger partial charge in [-0.25, -0.2) is 0 Å². The molecule has 1 unspecified atom stereocenters. The second kappa shape index (κ2) is 11.1. The number of likely N-dealkylation sites (N-methyl/N-ethyl adjacent to an activating group) is 1. The summed E-state index contributed by atoms with van der Waals surface area (Å²) in [5.74, 6) is 0.689. The quantitative estimate of drug-likeness (QED) is 0.645. The van der Waals surface area contributed by atoms with Crippen molar-refractivity contribution < 1.29 is 9.53 Å². The van der Waals surface area contributed by atoms with Crippen LogP contribution in [-0.2, 0) is 4.79 Å². The van der Waals surface area contributed by atoms with Gasteiger partial charge in [0.2, 0.25) is 5.91 Å². The third-order valence-corrected chi connectivity index (χ3v) is 5.09. The summed E-state index contributed by atoms with van der Waals surface area (Å²) in [6.45, 7) is 10.4. The minimum Gasteiger partial charge on any atom is -0.491 e. The van der Waals surface area contributed by atoms with Crippen LogP contribution in [0.4, 0.5) is 0 Å². The summed E-state index contributed by atoms with van der Waals surface area (Å²) in [4.78, 5) is 18.8. The molecule has 27 heavy (non-hydrogen) atoms. The Bertz CT molecular complexity index is 641. The van der Waals surface area contributed by atoms with Crippen LogP contribution in [0.15, 0.2) is 24.3 Å². The molecule has 1 amide bonds. The Morgan fingerprint density at radius 3 is 2.59 bits per heavy atom. The summed E-state index contributed by atoms with van der Waals surface area (Å²) in [6, 6.07) is 9.69.